The average Bonchev–Trinajstić information content (AvgIpc) is 2.97. The minimum atomic E-state index is -0.468. The number of amides is 1. The second-order valence-electron chi connectivity index (χ2n) is 6.41. The van der Waals surface area contributed by atoms with Gasteiger partial charge < -0.3 is 9.64 Å². The van der Waals surface area contributed by atoms with Crippen molar-refractivity contribution in [2.24, 2.45) is 5.92 Å². The van der Waals surface area contributed by atoms with Gasteiger partial charge in [-0.2, -0.15) is 0 Å². The summed E-state index contributed by atoms with van der Waals surface area (Å²) in [6.45, 7) is 6.32. The van der Waals surface area contributed by atoms with Gasteiger partial charge in [0.2, 0.25) is 0 Å². The molecule has 1 saturated heterocycles. The molecule has 1 amide bonds. The molecule has 1 heterocycles. The number of hydrogen-bond donors (Lipinski definition) is 0. The predicted octanol–water partition coefficient (Wildman–Crippen LogP) is 2.76. The van der Waals surface area contributed by atoms with Gasteiger partial charge in [-0.05, 0) is 46.5 Å². The predicted molar refractivity (Wildman–Crippen MR) is 68.3 cm³/mol. The van der Waals surface area contributed by atoms with Crippen LogP contribution in [0.1, 0.15) is 52.9 Å². The number of likely N-dealkylation sites (tertiary alicyclic amines) is 1. The van der Waals surface area contributed by atoms with Crippen molar-refractivity contribution in [1.29, 1.82) is 0 Å². The third-order valence-electron chi connectivity index (χ3n) is 3.47. The Morgan fingerprint density at radius 3 is 2.44 bits per heavy atom. The molecule has 4 nitrogen and oxygen atoms in total. The molecule has 1 aliphatic carbocycles. The molecular weight excluding hydrogens is 230 g/mol. The zero-order valence-corrected chi connectivity index (χ0v) is 11.6. The number of carbonyl (C=O) groups excluding carboxylic acids is 2. The van der Waals surface area contributed by atoms with E-state index in [2.05, 4.69) is 0 Å². The molecule has 0 aromatic heterocycles. The number of carbonyl (C=O) groups is 2. The Morgan fingerprint density at radius 2 is 1.89 bits per heavy atom. The summed E-state index contributed by atoms with van der Waals surface area (Å²) in [5.74, 6) is 0.613. The van der Waals surface area contributed by atoms with Gasteiger partial charge in [-0.15, -0.1) is 0 Å². The Balaban J connectivity index is 1.90. The fourth-order valence-electron chi connectivity index (χ4n) is 2.41. The molecule has 2 aliphatic rings. The largest absolute Gasteiger partial charge is 0.444 e. The van der Waals surface area contributed by atoms with Gasteiger partial charge in [-0.1, -0.05) is 0 Å². The number of ketones is 1. The van der Waals surface area contributed by atoms with Crippen LogP contribution in [0.3, 0.4) is 0 Å². The van der Waals surface area contributed by atoms with Crippen molar-refractivity contribution >= 4 is 11.9 Å². The Kier molecular flexibility index (Phi) is 3.64. The summed E-state index contributed by atoms with van der Waals surface area (Å²) in [7, 11) is 0. The third kappa shape index (κ3) is 3.47. The van der Waals surface area contributed by atoms with Gasteiger partial charge in [0.1, 0.15) is 11.4 Å². The van der Waals surface area contributed by atoms with Crippen molar-refractivity contribution in [2.45, 2.75) is 64.5 Å². The summed E-state index contributed by atoms with van der Waals surface area (Å²) in [5, 5.41) is 0. The summed E-state index contributed by atoms with van der Waals surface area (Å²) < 4.78 is 5.39. The minimum Gasteiger partial charge on any atom is -0.444 e. The van der Waals surface area contributed by atoms with E-state index in [4.69, 9.17) is 4.74 Å². The van der Waals surface area contributed by atoms with Crippen molar-refractivity contribution in [3.63, 3.8) is 0 Å². The molecule has 1 saturated carbocycles. The Bertz CT molecular complexity index is 341. The topological polar surface area (TPSA) is 46.6 Å². The monoisotopic (exact) mass is 253 g/mol. The average molecular weight is 253 g/mol. The highest BCUT2D eigenvalue weighted by Crippen LogP contribution is 2.33. The molecule has 0 unspecified atom stereocenters. The molecule has 1 aliphatic heterocycles. The van der Waals surface area contributed by atoms with Crippen LogP contribution in [-0.2, 0) is 9.53 Å². The van der Waals surface area contributed by atoms with Crippen LogP contribution in [0.25, 0.3) is 0 Å². The van der Waals surface area contributed by atoms with Crippen LogP contribution in [0, 0.1) is 5.92 Å². The Labute approximate surface area is 109 Å². The van der Waals surface area contributed by atoms with Crippen LogP contribution in [0.15, 0.2) is 0 Å². The van der Waals surface area contributed by atoms with E-state index in [-0.39, 0.29) is 18.1 Å². The van der Waals surface area contributed by atoms with Crippen LogP contribution in [0.2, 0.25) is 0 Å². The maximum atomic E-state index is 12.0. The van der Waals surface area contributed by atoms with E-state index < -0.39 is 5.60 Å². The summed E-state index contributed by atoms with van der Waals surface area (Å²) in [6.07, 6.45) is 4.23. The lowest BCUT2D eigenvalue weighted by molar-refractivity contribution is -0.121. The first-order valence-corrected chi connectivity index (χ1v) is 6.89. The zero-order valence-electron chi connectivity index (χ0n) is 11.6. The first-order chi connectivity index (χ1) is 8.37. The van der Waals surface area contributed by atoms with Crippen LogP contribution < -0.4 is 0 Å². The van der Waals surface area contributed by atoms with Gasteiger partial charge in [-0.25, -0.2) is 4.79 Å². The summed E-state index contributed by atoms with van der Waals surface area (Å²) >= 11 is 0. The van der Waals surface area contributed by atoms with E-state index in [1.165, 1.54) is 0 Å². The number of ether oxygens (including phenoxy) is 1. The van der Waals surface area contributed by atoms with Crippen molar-refractivity contribution in [2.75, 3.05) is 6.54 Å². The van der Waals surface area contributed by atoms with E-state index in [9.17, 15) is 9.59 Å². The Morgan fingerprint density at radius 1 is 1.22 bits per heavy atom. The lowest BCUT2D eigenvalue weighted by Crippen LogP contribution is -2.40. The molecule has 0 radical (unpaired) electrons. The van der Waals surface area contributed by atoms with Crippen molar-refractivity contribution < 1.29 is 14.3 Å². The van der Waals surface area contributed by atoms with E-state index in [0.29, 0.717) is 12.2 Å². The first kappa shape index (κ1) is 13.4. The summed E-state index contributed by atoms with van der Waals surface area (Å²) in [4.78, 5) is 25.6. The highest BCUT2D eigenvalue weighted by molar-refractivity contribution is 5.84. The molecule has 0 N–H and O–H groups in total. The highest BCUT2D eigenvalue weighted by Gasteiger charge is 2.37. The maximum absolute atomic E-state index is 12.0. The lowest BCUT2D eigenvalue weighted by Gasteiger charge is -2.28. The SMILES string of the molecule is CC(C)(C)OC(=O)N1CCC[C@H]1CC(=O)C1CC1. The van der Waals surface area contributed by atoms with Gasteiger partial charge in [0.25, 0.3) is 0 Å². The van der Waals surface area contributed by atoms with Crippen molar-refractivity contribution in [3.8, 4) is 0 Å². The van der Waals surface area contributed by atoms with Crippen LogP contribution >= 0.6 is 0 Å². The molecule has 102 valence electrons. The standard InChI is InChI=1S/C14H23NO3/c1-14(2,3)18-13(17)15-8-4-5-11(15)9-12(16)10-6-7-10/h10-11H,4-9H2,1-3H3/t11-/m0/s1. The van der Waals surface area contributed by atoms with Crippen LogP contribution in [0.5, 0.6) is 0 Å². The fourth-order valence-corrected chi connectivity index (χ4v) is 2.41. The number of rotatable bonds is 3. The van der Waals surface area contributed by atoms with E-state index in [1.807, 2.05) is 20.8 Å². The molecule has 0 aromatic rings. The van der Waals surface area contributed by atoms with Crippen LogP contribution in [0.4, 0.5) is 4.79 Å². The number of nitrogens with zero attached hydrogens (tertiary/aromatic N) is 1. The maximum Gasteiger partial charge on any atom is 0.410 e. The second kappa shape index (κ2) is 4.90. The smallest absolute Gasteiger partial charge is 0.410 e. The molecule has 1 atom stereocenters. The first-order valence-electron chi connectivity index (χ1n) is 6.89. The minimum absolute atomic E-state index is 0.0629. The fraction of sp³-hybridized carbons (Fsp3) is 0.857. The Hall–Kier alpha value is -1.06. The summed E-state index contributed by atoms with van der Waals surface area (Å²) in [5.41, 5.74) is -0.468. The molecular formula is C14H23NO3. The molecule has 2 fully saturated rings. The van der Waals surface area contributed by atoms with Gasteiger partial charge >= 0.3 is 6.09 Å². The molecule has 18 heavy (non-hydrogen) atoms. The third-order valence-corrected chi connectivity index (χ3v) is 3.47. The number of Topliss-reactive ketones (excluding diaryl/α,β-unsaturated/α-hetero) is 1. The summed E-state index contributed by atoms with van der Waals surface area (Å²) in [6, 6.07) is 0.0629. The quantitative estimate of drug-likeness (QED) is 0.777. The molecule has 2 rings (SSSR count). The number of hydrogen-bond acceptors (Lipinski definition) is 3. The molecule has 0 aromatic carbocycles. The zero-order chi connectivity index (χ0) is 13.3. The van der Waals surface area contributed by atoms with Gasteiger partial charge in [-0.3, -0.25) is 4.79 Å². The van der Waals surface area contributed by atoms with Crippen molar-refractivity contribution in [1.82, 2.24) is 4.90 Å². The highest BCUT2D eigenvalue weighted by atomic mass is 16.6. The van der Waals surface area contributed by atoms with E-state index >= 15 is 0 Å². The van der Waals surface area contributed by atoms with Crippen molar-refractivity contribution in [3.05, 3.63) is 0 Å². The normalized spacial score (nSPS) is 24.2. The lowest BCUT2D eigenvalue weighted by atomic mass is 10.1. The second-order valence-corrected chi connectivity index (χ2v) is 6.41. The molecule has 0 bridgehead atoms. The van der Waals surface area contributed by atoms with E-state index in [0.717, 1.165) is 32.2 Å². The van der Waals surface area contributed by atoms with Gasteiger partial charge in [0.15, 0.2) is 0 Å². The molecule has 4 heteroatoms. The molecule has 0 spiro atoms. The van der Waals surface area contributed by atoms with Gasteiger partial charge in [0, 0.05) is 24.9 Å². The van der Waals surface area contributed by atoms with Gasteiger partial charge in [0.05, 0.1) is 0 Å². The van der Waals surface area contributed by atoms with Crippen LogP contribution in [-0.4, -0.2) is 35.0 Å². The van der Waals surface area contributed by atoms with E-state index in [1.54, 1.807) is 4.90 Å².